The molecule has 1 aromatic heterocycles. The van der Waals surface area contributed by atoms with E-state index in [-0.39, 0.29) is 11.7 Å². The Balaban J connectivity index is 1.78. The molecule has 1 aromatic carbocycles. The number of thiophene rings is 1. The van der Waals surface area contributed by atoms with Crippen LogP contribution in [0.15, 0.2) is 35.7 Å². The predicted octanol–water partition coefficient (Wildman–Crippen LogP) is 3.95. The van der Waals surface area contributed by atoms with E-state index >= 15 is 0 Å². The summed E-state index contributed by atoms with van der Waals surface area (Å²) in [6.07, 6.45) is 1.55. The Hall–Kier alpha value is -1.65. The van der Waals surface area contributed by atoms with Crippen LogP contribution in [0.25, 0.3) is 0 Å². The number of Topliss-reactive ketones (excluding diaryl/α,β-unsaturated/α-hetero) is 1. The zero-order chi connectivity index (χ0) is 14.8. The summed E-state index contributed by atoms with van der Waals surface area (Å²) in [5, 5.41) is 2.53. The number of ketones is 1. The van der Waals surface area contributed by atoms with Crippen LogP contribution in [0.4, 0.5) is 5.69 Å². The van der Waals surface area contributed by atoms with Crippen molar-refractivity contribution in [3.8, 4) is 0 Å². The van der Waals surface area contributed by atoms with Gasteiger partial charge < -0.3 is 4.90 Å². The molecule has 0 atom stereocenters. The van der Waals surface area contributed by atoms with E-state index in [0.717, 1.165) is 6.42 Å². The highest BCUT2D eigenvalue weighted by Crippen LogP contribution is 2.30. The van der Waals surface area contributed by atoms with Gasteiger partial charge in [0.1, 0.15) is 0 Å². The lowest BCUT2D eigenvalue weighted by molar-refractivity contribution is -0.118. The molecule has 21 heavy (non-hydrogen) atoms. The Labute approximate surface area is 132 Å². The smallest absolute Gasteiger partial charge is 0.227 e. The fourth-order valence-corrected chi connectivity index (χ4v) is 3.40. The summed E-state index contributed by atoms with van der Waals surface area (Å²) >= 11 is 7.60. The van der Waals surface area contributed by atoms with E-state index in [1.165, 1.54) is 4.88 Å². The van der Waals surface area contributed by atoms with E-state index in [1.54, 1.807) is 34.4 Å². The molecule has 5 heteroatoms. The molecule has 0 aliphatic carbocycles. The van der Waals surface area contributed by atoms with Gasteiger partial charge in [-0.05, 0) is 36.1 Å². The molecule has 0 spiro atoms. The first-order valence-corrected chi connectivity index (χ1v) is 8.06. The molecule has 0 radical (unpaired) electrons. The maximum Gasteiger partial charge on any atom is 0.227 e. The SMILES string of the molecule is O=C1CCN(C(=O)CCc2cccs2)c2ccc(Cl)cc21. The number of benzene rings is 1. The summed E-state index contributed by atoms with van der Waals surface area (Å²) in [6.45, 7) is 0.455. The first-order chi connectivity index (χ1) is 10.1. The quantitative estimate of drug-likeness (QED) is 0.859. The first kappa shape index (κ1) is 14.3. The van der Waals surface area contributed by atoms with E-state index in [0.29, 0.717) is 35.7 Å². The molecule has 2 aromatic rings. The number of hydrogen-bond donors (Lipinski definition) is 0. The van der Waals surface area contributed by atoms with Crippen molar-refractivity contribution >= 4 is 40.3 Å². The standard InChI is InChI=1S/C16H14ClNO2S/c17-11-3-5-14-13(10-11)15(19)7-8-18(14)16(20)6-4-12-2-1-9-21-12/h1-3,5,9-10H,4,6-8H2. The van der Waals surface area contributed by atoms with E-state index < -0.39 is 0 Å². The lowest BCUT2D eigenvalue weighted by atomic mass is 10.00. The van der Waals surface area contributed by atoms with Crippen LogP contribution in [0.1, 0.15) is 28.1 Å². The van der Waals surface area contributed by atoms with Crippen LogP contribution >= 0.6 is 22.9 Å². The van der Waals surface area contributed by atoms with Gasteiger partial charge in [0.2, 0.25) is 5.91 Å². The molecule has 3 rings (SSSR count). The third-order valence-electron chi connectivity index (χ3n) is 3.58. The number of nitrogens with zero attached hydrogens (tertiary/aromatic N) is 1. The third kappa shape index (κ3) is 3.01. The maximum atomic E-state index is 12.4. The van der Waals surface area contributed by atoms with Gasteiger partial charge in [-0.15, -0.1) is 11.3 Å². The van der Waals surface area contributed by atoms with Gasteiger partial charge in [-0.1, -0.05) is 17.7 Å². The molecule has 1 amide bonds. The summed E-state index contributed by atoms with van der Waals surface area (Å²) < 4.78 is 0. The second kappa shape index (κ2) is 6.00. The number of anilines is 1. The van der Waals surface area contributed by atoms with Crippen LogP contribution in [0.3, 0.4) is 0 Å². The van der Waals surface area contributed by atoms with Crippen molar-refractivity contribution in [3.05, 3.63) is 51.2 Å². The molecule has 1 aliphatic heterocycles. The van der Waals surface area contributed by atoms with Crippen molar-refractivity contribution in [3.63, 3.8) is 0 Å². The summed E-state index contributed by atoms with van der Waals surface area (Å²) in [5.41, 5.74) is 1.24. The number of rotatable bonds is 3. The van der Waals surface area contributed by atoms with Gasteiger partial charge in [-0.25, -0.2) is 0 Å². The van der Waals surface area contributed by atoms with Crippen molar-refractivity contribution in [1.29, 1.82) is 0 Å². The van der Waals surface area contributed by atoms with Crippen molar-refractivity contribution in [2.24, 2.45) is 0 Å². The fraction of sp³-hybridized carbons (Fsp3) is 0.250. The zero-order valence-electron chi connectivity index (χ0n) is 11.3. The van der Waals surface area contributed by atoms with Crippen molar-refractivity contribution in [1.82, 2.24) is 0 Å². The third-order valence-corrected chi connectivity index (χ3v) is 4.75. The number of halogens is 1. The topological polar surface area (TPSA) is 37.4 Å². The van der Waals surface area contributed by atoms with Gasteiger partial charge in [0.25, 0.3) is 0 Å². The molecule has 0 saturated heterocycles. The van der Waals surface area contributed by atoms with E-state index in [9.17, 15) is 9.59 Å². The molecular weight excluding hydrogens is 306 g/mol. The van der Waals surface area contributed by atoms with E-state index in [1.807, 2.05) is 17.5 Å². The van der Waals surface area contributed by atoms with Gasteiger partial charge in [-0.2, -0.15) is 0 Å². The lowest BCUT2D eigenvalue weighted by Crippen LogP contribution is -2.37. The molecule has 1 aliphatic rings. The average molecular weight is 320 g/mol. The minimum atomic E-state index is 0.0507. The maximum absolute atomic E-state index is 12.4. The fourth-order valence-electron chi connectivity index (χ4n) is 2.51. The Kier molecular flexibility index (Phi) is 4.08. The summed E-state index contributed by atoms with van der Waals surface area (Å²) in [6, 6.07) is 9.15. The van der Waals surface area contributed by atoms with Crippen molar-refractivity contribution in [2.45, 2.75) is 19.3 Å². The Morgan fingerprint density at radius 3 is 2.95 bits per heavy atom. The van der Waals surface area contributed by atoms with Crippen LogP contribution in [0.2, 0.25) is 5.02 Å². The number of carbonyl (C=O) groups is 2. The number of carbonyl (C=O) groups excluding carboxylic acids is 2. The largest absolute Gasteiger partial charge is 0.311 e. The predicted molar refractivity (Wildman–Crippen MR) is 85.4 cm³/mol. The summed E-state index contributed by atoms with van der Waals surface area (Å²) in [5.74, 6) is 0.106. The van der Waals surface area contributed by atoms with Crippen LogP contribution in [0.5, 0.6) is 0 Å². The molecule has 0 saturated carbocycles. The average Bonchev–Trinajstić information content (AvgIpc) is 2.99. The van der Waals surface area contributed by atoms with Gasteiger partial charge in [0, 0.05) is 34.8 Å². The van der Waals surface area contributed by atoms with Gasteiger partial charge in [0.05, 0.1) is 5.69 Å². The Morgan fingerprint density at radius 1 is 1.33 bits per heavy atom. The van der Waals surface area contributed by atoms with Gasteiger partial charge >= 0.3 is 0 Å². The molecule has 0 unspecified atom stereocenters. The Morgan fingerprint density at radius 2 is 2.19 bits per heavy atom. The zero-order valence-corrected chi connectivity index (χ0v) is 12.9. The molecule has 0 fully saturated rings. The highest BCUT2D eigenvalue weighted by atomic mass is 35.5. The number of aryl methyl sites for hydroxylation is 1. The molecule has 108 valence electrons. The number of hydrogen-bond acceptors (Lipinski definition) is 3. The van der Waals surface area contributed by atoms with Crippen molar-refractivity contribution < 1.29 is 9.59 Å². The lowest BCUT2D eigenvalue weighted by Gasteiger charge is -2.28. The van der Waals surface area contributed by atoms with Gasteiger partial charge in [0.15, 0.2) is 5.78 Å². The van der Waals surface area contributed by atoms with Crippen LogP contribution in [-0.4, -0.2) is 18.2 Å². The molecule has 2 heterocycles. The second-order valence-electron chi connectivity index (χ2n) is 4.96. The molecule has 0 bridgehead atoms. The normalized spacial score (nSPS) is 14.1. The van der Waals surface area contributed by atoms with Crippen LogP contribution in [-0.2, 0) is 11.2 Å². The van der Waals surface area contributed by atoms with Crippen LogP contribution in [0, 0.1) is 0 Å². The highest BCUT2D eigenvalue weighted by Gasteiger charge is 2.27. The highest BCUT2D eigenvalue weighted by molar-refractivity contribution is 7.09. The minimum absolute atomic E-state index is 0.0507. The second-order valence-corrected chi connectivity index (χ2v) is 6.43. The summed E-state index contributed by atoms with van der Waals surface area (Å²) in [4.78, 5) is 27.3. The first-order valence-electron chi connectivity index (χ1n) is 6.80. The van der Waals surface area contributed by atoms with Crippen molar-refractivity contribution in [2.75, 3.05) is 11.4 Å². The molecule has 3 nitrogen and oxygen atoms in total. The summed E-state index contributed by atoms with van der Waals surface area (Å²) in [7, 11) is 0. The number of amides is 1. The van der Waals surface area contributed by atoms with Crippen LogP contribution < -0.4 is 4.90 Å². The molecular formula is C16H14ClNO2S. The number of fused-ring (bicyclic) bond motifs is 1. The minimum Gasteiger partial charge on any atom is -0.311 e. The van der Waals surface area contributed by atoms with Gasteiger partial charge in [-0.3, -0.25) is 9.59 Å². The molecule has 0 N–H and O–H groups in total. The van der Waals surface area contributed by atoms with E-state index in [4.69, 9.17) is 11.6 Å². The van der Waals surface area contributed by atoms with E-state index in [2.05, 4.69) is 0 Å². The monoisotopic (exact) mass is 319 g/mol. The Bertz CT molecular complexity index is 682.